The molecule has 4 aliphatic rings. The Morgan fingerprint density at radius 3 is 2.37 bits per heavy atom. The number of benzene rings is 2. The Hall–Kier alpha value is -3.45. The Morgan fingerprint density at radius 1 is 0.980 bits per heavy atom. The van der Waals surface area contributed by atoms with Gasteiger partial charge in [0.25, 0.3) is 5.91 Å². The van der Waals surface area contributed by atoms with Crippen LogP contribution in [0, 0.1) is 5.41 Å². The fraction of sp³-hybridized carbons (Fsp3) is 0.590. The van der Waals surface area contributed by atoms with Crippen LogP contribution in [0.2, 0.25) is 0 Å². The molecule has 0 bridgehead atoms. The van der Waals surface area contributed by atoms with Crippen LogP contribution in [0.3, 0.4) is 0 Å². The number of nitrogens with one attached hydrogen (secondary N) is 1. The fourth-order valence-electron chi connectivity index (χ4n) is 9.00. The first-order valence-corrected chi connectivity index (χ1v) is 20.3. The van der Waals surface area contributed by atoms with Crippen LogP contribution >= 0.6 is 0 Å². The maximum absolute atomic E-state index is 14.9. The van der Waals surface area contributed by atoms with Crippen LogP contribution in [0.5, 0.6) is 5.75 Å². The molecule has 3 fully saturated rings. The van der Waals surface area contributed by atoms with Gasteiger partial charge in [-0.05, 0) is 79.7 Å². The van der Waals surface area contributed by atoms with Gasteiger partial charge in [0.05, 0.1) is 18.2 Å². The van der Waals surface area contributed by atoms with Gasteiger partial charge in [-0.1, -0.05) is 39.2 Å². The summed E-state index contributed by atoms with van der Waals surface area (Å²) in [7, 11) is 0.504. The summed E-state index contributed by atoms with van der Waals surface area (Å²) in [6.45, 7) is 12.2. The van der Waals surface area contributed by atoms with Gasteiger partial charge in [-0.15, -0.1) is 0 Å². The van der Waals surface area contributed by atoms with Crippen molar-refractivity contribution in [2.24, 2.45) is 5.41 Å². The van der Waals surface area contributed by atoms with Gasteiger partial charge in [0, 0.05) is 87.9 Å². The molecule has 1 aromatic heterocycles. The van der Waals surface area contributed by atoms with E-state index in [9.17, 15) is 18.0 Å². The zero-order chi connectivity index (χ0) is 36.1. The van der Waals surface area contributed by atoms with E-state index in [2.05, 4.69) is 50.0 Å². The standard InChI is InChI=1S/C39H54N6O5S/c1-6-42(7-2)17-18-43-19-21-44(22-20-43)38(47)39-25-33(39)32-24-29(50-5)14-16-30(32)36-35(27-11-9-8-10-12-27)31-15-13-28(23-34(31)45(36)26-39)37(46)40-51(48,49)41(3)4/h13-16,23-24,27,33H,6-12,17-22,25-26H2,1-5H3,(H,40,46). The van der Waals surface area contributed by atoms with Crippen molar-refractivity contribution in [1.82, 2.24) is 28.3 Å². The highest BCUT2D eigenvalue weighted by atomic mass is 32.2. The van der Waals surface area contributed by atoms with Crippen molar-refractivity contribution in [2.45, 2.75) is 70.8 Å². The number of methoxy groups -OCH3 is 1. The van der Waals surface area contributed by atoms with Crippen LogP contribution in [-0.2, 0) is 21.5 Å². The molecule has 2 aromatic carbocycles. The van der Waals surface area contributed by atoms with Gasteiger partial charge in [-0.3, -0.25) is 14.5 Å². The third kappa shape index (κ3) is 6.57. The van der Waals surface area contributed by atoms with Gasteiger partial charge in [-0.2, -0.15) is 12.7 Å². The van der Waals surface area contributed by atoms with Crippen LogP contribution in [0.15, 0.2) is 36.4 Å². The van der Waals surface area contributed by atoms with Crippen molar-refractivity contribution < 1.29 is 22.7 Å². The second-order valence-electron chi connectivity index (χ2n) is 15.2. The lowest BCUT2D eigenvalue weighted by atomic mass is 9.81. The number of rotatable bonds is 11. The summed E-state index contributed by atoms with van der Waals surface area (Å²) in [6, 6.07) is 11.9. The molecule has 2 atom stereocenters. The number of fused-ring (bicyclic) bond motifs is 7. The number of ether oxygens (including phenoxy) is 1. The van der Waals surface area contributed by atoms with Crippen molar-refractivity contribution in [3.8, 4) is 17.0 Å². The lowest BCUT2D eigenvalue weighted by Gasteiger charge is -2.37. The fourth-order valence-corrected chi connectivity index (χ4v) is 9.54. The average Bonchev–Trinajstić information content (AvgIpc) is 3.81. The molecule has 7 rings (SSSR count). The smallest absolute Gasteiger partial charge is 0.303 e. The molecule has 12 heteroatoms. The van der Waals surface area contributed by atoms with Gasteiger partial charge in [-0.25, -0.2) is 4.72 Å². The Bertz CT molecular complexity index is 1910. The van der Waals surface area contributed by atoms with Gasteiger partial charge in [0.15, 0.2) is 0 Å². The normalized spacial score (nSPS) is 22.4. The minimum atomic E-state index is -3.97. The molecule has 0 radical (unpaired) electrons. The Labute approximate surface area is 303 Å². The first-order valence-electron chi connectivity index (χ1n) is 18.8. The molecule has 2 saturated carbocycles. The summed E-state index contributed by atoms with van der Waals surface area (Å²) >= 11 is 0. The Balaban J connectivity index is 1.30. The second kappa shape index (κ2) is 14.2. The number of hydrogen-bond acceptors (Lipinski definition) is 7. The molecule has 0 spiro atoms. The van der Waals surface area contributed by atoms with E-state index in [0.29, 0.717) is 25.6 Å². The number of hydrogen-bond donors (Lipinski definition) is 1. The molecule has 1 saturated heterocycles. The molecule has 51 heavy (non-hydrogen) atoms. The first kappa shape index (κ1) is 35.9. The summed E-state index contributed by atoms with van der Waals surface area (Å²) in [4.78, 5) is 35.3. The highest BCUT2D eigenvalue weighted by molar-refractivity contribution is 7.87. The van der Waals surface area contributed by atoms with E-state index in [-0.39, 0.29) is 17.4 Å². The summed E-state index contributed by atoms with van der Waals surface area (Å²) < 4.78 is 36.5. The summed E-state index contributed by atoms with van der Waals surface area (Å²) in [5.74, 6) is 0.736. The highest BCUT2D eigenvalue weighted by Gasteiger charge is 2.64. The molecule has 3 heterocycles. The van der Waals surface area contributed by atoms with Gasteiger partial charge in [0.1, 0.15) is 5.75 Å². The van der Waals surface area contributed by atoms with E-state index in [1.165, 1.54) is 38.9 Å². The van der Waals surface area contributed by atoms with Crippen molar-refractivity contribution in [3.63, 3.8) is 0 Å². The quantitative estimate of drug-likeness (QED) is 0.302. The number of carbonyl (C=O) groups is 2. The van der Waals surface area contributed by atoms with Gasteiger partial charge < -0.3 is 19.1 Å². The number of amides is 2. The third-order valence-electron chi connectivity index (χ3n) is 12.2. The van der Waals surface area contributed by atoms with E-state index in [4.69, 9.17) is 4.74 Å². The molecule has 2 aliphatic heterocycles. The molecule has 2 unspecified atom stereocenters. The molecule has 2 amide bonds. The number of nitrogens with zero attached hydrogens (tertiary/aromatic N) is 5. The summed E-state index contributed by atoms with van der Waals surface area (Å²) in [5, 5.41) is 1.08. The van der Waals surface area contributed by atoms with E-state index < -0.39 is 21.5 Å². The highest BCUT2D eigenvalue weighted by Crippen LogP contribution is 2.66. The van der Waals surface area contributed by atoms with Crippen molar-refractivity contribution in [3.05, 3.63) is 53.1 Å². The maximum Gasteiger partial charge on any atom is 0.303 e. The van der Waals surface area contributed by atoms with E-state index in [1.807, 2.05) is 18.2 Å². The number of piperazine rings is 1. The molecule has 2 aliphatic carbocycles. The lowest BCUT2D eigenvalue weighted by molar-refractivity contribution is -0.139. The van der Waals surface area contributed by atoms with Crippen LogP contribution in [0.25, 0.3) is 22.2 Å². The first-order chi connectivity index (χ1) is 24.5. The monoisotopic (exact) mass is 718 g/mol. The summed E-state index contributed by atoms with van der Waals surface area (Å²) in [5.41, 5.74) is 5.25. The van der Waals surface area contributed by atoms with Crippen molar-refractivity contribution >= 4 is 32.9 Å². The predicted molar refractivity (Wildman–Crippen MR) is 200 cm³/mol. The van der Waals surface area contributed by atoms with Gasteiger partial charge in [0.2, 0.25) is 5.91 Å². The minimum absolute atomic E-state index is 0.0571. The number of carbonyl (C=O) groups excluding carboxylic acids is 2. The molecule has 3 aromatic rings. The maximum atomic E-state index is 14.9. The third-order valence-corrected chi connectivity index (χ3v) is 13.6. The molecular weight excluding hydrogens is 665 g/mol. The molecular formula is C39H54N6O5S. The minimum Gasteiger partial charge on any atom is -0.497 e. The van der Waals surface area contributed by atoms with Crippen LogP contribution in [0.4, 0.5) is 0 Å². The van der Waals surface area contributed by atoms with Crippen molar-refractivity contribution in [1.29, 1.82) is 0 Å². The number of likely N-dealkylation sites (N-methyl/N-ethyl adjacent to an activating group) is 1. The summed E-state index contributed by atoms with van der Waals surface area (Å²) in [6.07, 6.45) is 6.50. The SMILES string of the molecule is CCN(CC)CCN1CCN(C(=O)C23CC2c2cc(OC)ccc2-c2c(C4CCCCC4)c4ccc(C(=O)NS(=O)(=O)N(C)C)cc4n2C3)CC1. The topological polar surface area (TPSA) is 107 Å². The van der Waals surface area contributed by atoms with E-state index >= 15 is 0 Å². The zero-order valence-corrected chi connectivity index (χ0v) is 31.7. The van der Waals surface area contributed by atoms with E-state index in [1.54, 1.807) is 13.2 Å². The zero-order valence-electron chi connectivity index (χ0n) is 30.9. The molecule has 276 valence electrons. The van der Waals surface area contributed by atoms with Crippen molar-refractivity contribution in [2.75, 3.05) is 73.6 Å². The lowest BCUT2D eigenvalue weighted by Crippen LogP contribution is -2.52. The van der Waals surface area contributed by atoms with Crippen LogP contribution in [0.1, 0.15) is 85.7 Å². The Morgan fingerprint density at radius 2 is 1.71 bits per heavy atom. The van der Waals surface area contributed by atoms with Gasteiger partial charge >= 0.3 is 10.2 Å². The Kier molecular flexibility index (Phi) is 9.99. The average molecular weight is 719 g/mol. The van der Waals surface area contributed by atoms with Crippen LogP contribution < -0.4 is 9.46 Å². The van der Waals surface area contributed by atoms with E-state index in [0.717, 1.165) is 96.3 Å². The largest absolute Gasteiger partial charge is 0.497 e. The molecule has 11 nitrogen and oxygen atoms in total. The molecule has 1 N–H and O–H groups in total. The van der Waals surface area contributed by atoms with Crippen LogP contribution in [-0.4, -0.2) is 117 Å². The predicted octanol–water partition coefficient (Wildman–Crippen LogP) is 4.87. The number of aromatic nitrogens is 1. The second-order valence-corrected chi connectivity index (χ2v) is 17.0.